The van der Waals surface area contributed by atoms with Gasteiger partial charge in [0.25, 0.3) is 0 Å². The second kappa shape index (κ2) is 13.0. The first-order valence-electron chi connectivity index (χ1n) is 10.3. The zero-order chi connectivity index (χ0) is 23.3. The van der Waals surface area contributed by atoms with E-state index >= 15 is 0 Å². The molecule has 0 bridgehead atoms. The van der Waals surface area contributed by atoms with Crippen molar-refractivity contribution in [3.63, 3.8) is 0 Å². The van der Waals surface area contributed by atoms with Crippen LogP contribution in [-0.4, -0.2) is 60.5 Å². The van der Waals surface area contributed by atoms with Gasteiger partial charge in [-0.2, -0.15) is 0 Å². The van der Waals surface area contributed by atoms with Gasteiger partial charge in [-0.15, -0.1) is 0 Å². The van der Waals surface area contributed by atoms with E-state index in [2.05, 4.69) is 52.0 Å². The van der Waals surface area contributed by atoms with E-state index in [0.717, 1.165) is 36.9 Å². The first-order valence-corrected chi connectivity index (χ1v) is 10.3. The number of carboxylic acids is 2. The van der Waals surface area contributed by atoms with Gasteiger partial charge < -0.3 is 30.3 Å². The highest BCUT2D eigenvalue weighted by Crippen LogP contribution is 2.17. The summed E-state index contributed by atoms with van der Waals surface area (Å²) in [6.45, 7) is 6.98. The maximum atomic E-state index is 9.10. The number of rotatable bonds is 8. The van der Waals surface area contributed by atoms with Crippen LogP contribution in [0.15, 0.2) is 53.5 Å². The van der Waals surface area contributed by atoms with Crippen LogP contribution in [0.25, 0.3) is 0 Å². The summed E-state index contributed by atoms with van der Waals surface area (Å²) in [7, 11) is 0. The highest BCUT2D eigenvalue weighted by atomic mass is 16.5. The van der Waals surface area contributed by atoms with Crippen LogP contribution < -0.4 is 15.4 Å². The van der Waals surface area contributed by atoms with E-state index in [9.17, 15) is 0 Å². The lowest BCUT2D eigenvalue weighted by Gasteiger charge is -2.10. The fraction of sp³-hybridized carbons (Fsp3) is 0.348. The van der Waals surface area contributed by atoms with Gasteiger partial charge >= 0.3 is 11.9 Å². The van der Waals surface area contributed by atoms with Gasteiger partial charge in [0.2, 0.25) is 0 Å². The van der Waals surface area contributed by atoms with Crippen LogP contribution in [0, 0.1) is 0 Å². The molecule has 0 fully saturated rings. The molecule has 2 aromatic carbocycles. The van der Waals surface area contributed by atoms with Crippen LogP contribution in [0.5, 0.6) is 5.75 Å². The van der Waals surface area contributed by atoms with Gasteiger partial charge in [-0.3, -0.25) is 4.99 Å². The molecule has 0 saturated heterocycles. The summed E-state index contributed by atoms with van der Waals surface area (Å²) in [5, 5.41) is 21.3. The van der Waals surface area contributed by atoms with E-state index in [1.54, 1.807) is 0 Å². The standard InChI is InChI=1S/C21H27N3O2.C2H2O4/c1-16(2)25-13-14-26-20-9-5-18(6-10-20)15-17-3-7-19(8-4-17)24-21-22-11-12-23-21;3-1(4)2(5)6/h3-10,16H,11-15H2,1-2H3,(H2,22,23,24);(H,3,4)(H,5,6). The molecule has 1 aliphatic heterocycles. The van der Waals surface area contributed by atoms with Crippen LogP contribution in [0.3, 0.4) is 0 Å². The summed E-state index contributed by atoms with van der Waals surface area (Å²) < 4.78 is 11.2. The Morgan fingerprint density at radius 3 is 2.09 bits per heavy atom. The normalized spacial score (nSPS) is 12.3. The second-order valence-electron chi connectivity index (χ2n) is 7.18. The average molecular weight is 444 g/mol. The number of anilines is 1. The summed E-state index contributed by atoms with van der Waals surface area (Å²) in [5.74, 6) is -1.91. The molecule has 0 radical (unpaired) electrons. The Labute approximate surface area is 187 Å². The molecule has 0 aromatic heterocycles. The number of hydrogen-bond donors (Lipinski definition) is 4. The molecule has 1 aliphatic rings. The Kier molecular flexibility index (Phi) is 9.99. The van der Waals surface area contributed by atoms with Crippen molar-refractivity contribution >= 4 is 23.6 Å². The largest absolute Gasteiger partial charge is 0.491 e. The number of ether oxygens (including phenoxy) is 2. The molecule has 3 rings (SSSR count). The van der Waals surface area contributed by atoms with Crippen molar-refractivity contribution in [3.8, 4) is 5.75 Å². The average Bonchev–Trinajstić information content (AvgIpc) is 3.27. The monoisotopic (exact) mass is 443 g/mol. The van der Waals surface area contributed by atoms with Crippen molar-refractivity contribution in [3.05, 3.63) is 59.7 Å². The van der Waals surface area contributed by atoms with Gasteiger partial charge in [0.15, 0.2) is 5.96 Å². The minimum Gasteiger partial charge on any atom is -0.491 e. The molecule has 172 valence electrons. The summed E-state index contributed by atoms with van der Waals surface area (Å²) in [6.07, 6.45) is 1.14. The molecule has 0 aliphatic carbocycles. The van der Waals surface area contributed by atoms with E-state index in [-0.39, 0.29) is 6.10 Å². The maximum Gasteiger partial charge on any atom is 0.414 e. The van der Waals surface area contributed by atoms with Gasteiger partial charge in [-0.05, 0) is 55.7 Å². The van der Waals surface area contributed by atoms with Crippen LogP contribution in [0.1, 0.15) is 25.0 Å². The molecular formula is C23H29N3O6. The van der Waals surface area contributed by atoms with E-state index in [4.69, 9.17) is 29.3 Å². The fourth-order valence-corrected chi connectivity index (χ4v) is 2.71. The molecule has 0 amide bonds. The lowest BCUT2D eigenvalue weighted by molar-refractivity contribution is -0.159. The van der Waals surface area contributed by atoms with E-state index in [0.29, 0.717) is 13.2 Å². The number of nitrogens with zero attached hydrogens (tertiary/aromatic N) is 1. The summed E-state index contributed by atoms with van der Waals surface area (Å²) in [5.41, 5.74) is 3.59. The zero-order valence-electron chi connectivity index (χ0n) is 18.2. The van der Waals surface area contributed by atoms with Gasteiger partial charge in [0, 0.05) is 12.2 Å². The van der Waals surface area contributed by atoms with Crippen molar-refractivity contribution in [2.75, 3.05) is 31.6 Å². The number of nitrogens with one attached hydrogen (secondary N) is 2. The fourth-order valence-electron chi connectivity index (χ4n) is 2.71. The highest BCUT2D eigenvalue weighted by Gasteiger charge is 2.05. The van der Waals surface area contributed by atoms with Gasteiger partial charge in [-0.1, -0.05) is 24.3 Å². The minimum atomic E-state index is -1.82. The van der Waals surface area contributed by atoms with E-state index < -0.39 is 11.9 Å². The van der Waals surface area contributed by atoms with Crippen LogP contribution in [-0.2, 0) is 20.7 Å². The molecule has 32 heavy (non-hydrogen) atoms. The summed E-state index contributed by atoms with van der Waals surface area (Å²) in [6, 6.07) is 16.7. The first kappa shape index (κ1) is 24.7. The predicted octanol–water partition coefficient (Wildman–Crippen LogP) is 2.61. The Hall–Kier alpha value is -3.59. The number of carbonyl (C=O) groups is 2. The van der Waals surface area contributed by atoms with Gasteiger partial charge in [0.05, 0.1) is 19.3 Å². The first-order chi connectivity index (χ1) is 15.3. The molecule has 0 saturated carbocycles. The Balaban J connectivity index is 0.000000534. The molecule has 0 unspecified atom stereocenters. The van der Waals surface area contributed by atoms with Crippen LogP contribution in [0.4, 0.5) is 5.69 Å². The summed E-state index contributed by atoms with van der Waals surface area (Å²) >= 11 is 0. The van der Waals surface area contributed by atoms with Crippen molar-refractivity contribution in [2.45, 2.75) is 26.4 Å². The Morgan fingerprint density at radius 2 is 1.59 bits per heavy atom. The van der Waals surface area contributed by atoms with E-state index in [1.807, 2.05) is 26.0 Å². The number of benzene rings is 2. The maximum absolute atomic E-state index is 9.10. The van der Waals surface area contributed by atoms with Crippen LogP contribution >= 0.6 is 0 Å². The Morgan fingerprint density at radius 1 is 1.00 bits per heavy atom. The number of guanidine groups is 1. The lowest BCUT2D eigenvalue weighted by atomic mass is 10.0. The molecule has 1 heterocycles. The number of hydrogen-bond acceptors (Lipinski definition) is 7. The van der Waals surface area contributed by atoms with Crippen molar-refractivity contribution in [1.29, 1.82) is 0 Å². The molecule has 9 nitrogen and oxygen atoms in total. The third-order valence-electron chi connectivity index (χ3n) is 4.21. The number of aliphatic imine (C=N–C) groups is 1. The lowest BCUT2D eigenvalue weighted by Crippen LogP contribution is -2.26. The second-order valence-corrected chi connectivity index (χ2v) is 7.18. The van der Waals surface area contributed by atoms with Crippen molar-refractivity contribution in [1.82, 2.24) is 5.32 Å². The third kappa shape index (κ3) is 9.48. The van der Waals surface area contributed by atoms with E-state index in [1.165, 1.54) is 11.1 Å². The molecular weight excluding hydrogens is 414 g/mol. The molecule has 2 aromatic rings. The third-order valence-corrected chi connectivity index (χ3v) is 4.21. The number of aliphatic carboxylic acids is 2. The smallest absolute Gasteiger partial charge is 0.414 e. The Bertz CT molecular complexity index is 883. The molecule has 9 heteroatoms. The van der Waals surface area contributed by atoms with Crippen molar-refractivity contribution in [2.24, 2.45) is 4.99 Å². The minimum absolute atomic E-state index is 0.241. The zero-order valence-corrected chi connectivity index (χ0v) is 18.2. The van der Waals surface area contributed by atoms with Gasteiger partial charge in [0.1, 0.15) is 12.4 Å². The number of carboxylic acid groups (broad SMARTS) is 2. The predicted molar refractivity (Wildman–Crippen MR) is 121 cm³/mol. The van der Waals surface area contributed by atoms with Crippen molar-refractivity contribution < 1.29 is 29.3 Å². The molecule has 0 atom stereocenters. The molecule has 4 N–H and O–H groups in total. The quantitative estimate of drug-likeness (QED) is 0.362. The van der Waals surface area contributed by atoms with Gasteiger partial charge in [-0.25, -0.2) is 9.59 Å². The molecule has 0 spiro atoms. The highest BCUT2D eigenvalue weighted by molar-refractivity contribution is 6.27. The topological polar surface area (TPSA) is 129 Å². The SMILES string of the molecule is CC(C)OCCOc1ccc(Cc2ccc(NC3=NCCN3)cc2)cc1.O=C(O)C(=O)O. The van der Waals surface area contributed by atoms with Crippen LogP contribution in [0.2, 0.25) is 0 Å². The summed E-state index contributed by atoms with van der Waals surface area (Å²) in [4.78, 5) is 22.5.